The summed E-state index contributed by atoms with van der Waals surface area (Å²) in [7, 11) is 0. The number of aliphatic hydroxyl groups is 1. The van der Waals surface area contributed by atoms with Gasteiger partial charge in [-0.05, 0) is 23.8 Å². The number of carbonyl (C=O) groups is 1. The van der Waals surface area contributed by atoms with Gasteiger partial charge in [0.2, 0.25) is 5.91 Å². The second kappa shape index (κ2) is 7.44. The number of rotatable bonds is 5. The largest absolute Gasteiger partial charge is 0.406 e. The summed E-state index contributed by atoms with van der Waals surface area (Å²) in [5.74, 6) is -0.795. The van der Waals surface area contributed by atoms with Gasteiger partial charge in [0.1, 0.15) is 6.54 Å². The number of hydrogen-bond acceptors (Lipinski definition) is 2. The average Bonchev–Trinajstić information content (AvgIpc) is 2.34. The van der Waals surface area contributed by atoms with Gasteiger partial charge < -0.3 is 10.0 Å². The zero-order valence-corrected chi connectivity index (χ0v) is 12.0. The lowest BCUT2D eigenvalue weighted by atomic mass is 10.2. The summed E-state index contributed by atoms with van der Waals surface area (Å²) < 4.78 is 37.7. The first-order chi connectivity index (χ1) is 9.31. The molecule has 1 rings (SSSR count). The molecular weight excluding hydrogens is 339 g/mol. The van der Waals surface area contributed by atoms with Crippen LogP contribution in [0.3, 0.4) is 0 Å². The maximum atomic E-state index is 12.3. The Bertz CT molecular complexity index is 489. The third-order valence-electron chi connectivity index (χ3n) is 2.32. The van der Waals surface area contributed by atoms with Crippen LogP contribution in [0.4, 0.5) is 13.2 Å². The van der Waals surface area contributed by atoms with E-state index in [1.165, 1.54) is 6.08 Å². The number of alkyl halides is 3. The Morgan fingerprint density at radius 2 is 2.10 bits per heavy atom. The third kappa shape index (κ3) is 6.21. The molecule has 1 aromatic carbocycles. The molecule has 0 aliphatic heterocycles. The molecule has 7 heteroatoms. The molecule has 1 aromatic rings. The summed E-state index contributed by atoms with van der Waals surface area (Å²) in [6.07, 6.45) is -2.01. The number of hydrogen-bond donors (Lipinski definition) is 1. The van der Waals surface area contributed by atoms with Crippen molar-refractivity contribution in [3.63, 3.8) is 0 Å². The van der Waals surface area contributed by atoms with Crippen LogP contribution in [0.2, 0.25) is 0 Å². The van der Waals surface area contributed by atoms with Crippen molar-refractivity contribution in [1.82, 2.24) is 4.90 Å². The number of halogens is 4. The van der Waals surface area contributed by atoms with E-state index in [0.717, 1.165) is 10.5 Å². The Morgan fingerprint density at radius 1 is 1.40 bits per heavy atom. The van der Waals surface area contributed by atoms with Crippen LogP contribution in [0.5, 0.6) is 0 Å². The molecule has 110 valence electrons. The molecule has 1 N–H and O–H groups in total. The highest BCUT2D eigenvalue weighted by atomic mass is 79.9. The Hall–Kier alpha value is -1.34. The van der Waals surface area contributed by atoms with Gasteiger partial charge in [-0.25, -0.2) is 0 Å². The standard InChI is InChI=1S/C13H13BrF3NO2/c14-11-3-1-2-10(8-11)4-5-12(20)18(6-7-19)9-13(15,16)17/h1-5,8,19H,6-7,9H2/b5-4+. The molecule has 0 heterocycles. The summed E-state index contributed by atoms with van der Waals surface area (Å²) in [5, 5.41) is 8.71. The van der Waals surface area contributed by atoms with E-state index >= 15 is 0 Å². The molecule has 0 aromatic heterocycles. The van der Waals surface area contributed by atoms with Crippen molar-refractivity contribution >= 4 is 27.9 Å². The molecule has 0 aliphatic rings. The first-order valence-electron chi connectivity index (χ1n) is 5.72. The van der Waals surface area contributed by atoms with Crippen LogP contribution in [0.15, 0.2) is 34.8 Å². The van der Waals surface area contributed by atoms with Crippen LogP contribution in [0, 0.1) is 0 Å². The van der Waals surface area contributed by atoms with Crippen molar-refractivity contribution in [2.24, 2.45) is 0 Å². The topological polar surface area (TPSA) is 40.5 Å². The second-order valence-electron chi connectivity index (χ2n) is 3.99. The molecule has 0 fully saturated rings. The number of nitrogens with zero attached hydrogens (tertiary/aromatic N) is 1. The lowest BCUT2D eigenvalue weighted by Gasteiger charge is -2.21. The van der Waals surface area contributed by atoms with Crippen LogP contribution < -0.4 is 0 Å². The van der Waals surface area contributed by atoms with E-state index in [1.807, 2.05) is 0 Å². The highest BCUT2D eigenvalue weighted by Gasteiger charge is 2.32. The maximum absolute atomic E-state index is 12.3. The molecule has 0 spiro atoms. The van der Waals surface area contributed by atoms with Crippen molar-refractivity contribution in [3.05, 3.63) is 40.4 Å². The minimum absolute atomic E-state index is 0.360. The summed E-state index contributed by atoms with van der Waals surface area (Å²) in [6.45, 7) is -2.26. The average molecular weight is 352 g/mol. The Labute approximate surface area is 122 Å². The fourth-order valence-electron chi connectivity index (χ4n) is 1.49. The monoisotopic (exact) mass is 351 g/mol. The van der Waals surface area contributed by atoms with Gasteiger partial charge in [-0.3, -0.25) is 4.79 Å². The fourth-order valence-corrected chi connectivity index (χ4v) is 1.90. The van der Waals surface area contributed by atoms with E-state index in [0.29, 0.717) is 10.5 Å². The van der Waals surface area contributed by atoms with Gasteiger partial charge in [-0.1, -0.05) is 28.1 Å². The Balaban J connectivity index is 2.75. The molecule has 0 saturated heterocycles. The Morgan fingerprint density at radius 3 is 2.65 bits per heavy atom. The maximum Gasteiger partial charge on any atom is 0.406 e. The van der Waals surface area contributed by atoms with Crippen molar-refractivity contribution in [1.29, 1.82) is 0 Å². The highest BCUT2D eigenvalue weighted by Crippen LogP contribution is 2.17. The van der Waals surface area contributed by atoms with Gasteiger partial charge in [0.25, 0.3) is 0 Å². The minimum Gasteiger partial charge on any atom is -0.395 e. The molecule has 0 bridgehead atoms. The molecular formula is C13H13BrF3NO2. The van der Waals surface area contributed by atoms with E-state index < -0.39 is 25.2 Å². The number of benzene rings is 1. The van der Waals surface area contributed by atoms with Crippen molar-refractivity contribution in [2.75, 3.05) is 19.7 Å². The second-order valence-corrected chi connectivity index (χ2v) is 4.90. The van der Waals surface area contributed by atoms with Crippen molar-refractivity contribution in [2.45, 2.75) is 6.18 Å². The molecule has 0 radical (unpaired) electrons. The molecule has 1 amide bonds. The van der Waals surface area contributed by atoms with Gasteiger partial charge in [0, 0.05) is 17.1 Å². The molecule has 0 saturated carbocycles. The first-order valence-corrected chi connectivity index (χ1v) is 6.51. The van der Waals surface area contributed by atoms with E-state index in [9.17, 15) is 18.0 Å². The lowest BCUT2D eigenvalue weighted by Crippen LogP contribution is -2.39. The SMILES string of the molecule is O=C(/C=C/c1cccc(Br)c1)N(CCO)CC(F)(F)F. The molecule has 0 unspecified atom stereocenters. The van der Waals surface area contributed by atoms with Gasteiger partial charge in [0.05, 0.1) is 6.61 Å². The van der Waals surface area contributed by atoms with Gasteiger partial charge >= 0.3 is 6.18 Å². The normalized spacial score (nSPS) is 11.8. The van der Waals surface area contributed by atoms with Crippen LogP contribution in [-0.2, 0) is 4.79 Å². The zero-order valence-electron chi connectivity index (χ0n) is 10.4. The van der Waals surface area contributed by atoms with Crippen LogP contribution in [-0.4, -0.2) is 41.8 Å². The number of amides is 1. The number of carbonyl (C=O) groups excluding carboxylic acids is 1. The van der Waals surface area contributed by atoms with E-state index in [-0.39, 0.29) is 6.54 Å². The zero-order chi connectivity index (χ0) is 15.2. The predicted molar refractivity (Wildman–Crippen MR) is 72.9 cm³/mol. The quantitative estimate of drug-likeness (QED) is 0.828. The summed E-state index contributed by atoms with van der Waals surface area (Å²) in [5.41, 5.74) is 0.684. The predicted octanol–water partition coefficient (Wildman–Crippen LogP) is 2.85. The molecule has 20 heavy (non-hydrogen) atoms. The van der Waals surface area contributed by atoms with Crippen molar-refractivity contribution in [3.8, 4) is 0 Å². The smallest absolute Gasteiger partial charge is 0.395 e. The van der Waals surface area contributed by atoms with Gasteiger partial charge in [-0.2, -0.15) is 13.2 Å². The summed E-state index contributed by atoms with van der Waals surface area (Å²) in [6, 6.07) is 6.98. The van der Waals surface area contributed by atoms with Gasteiger partial charge in [-0.15, -0.1) is 0 Å². The van der Waals surface area contributed by atoms with Gasteiger partial charge in [0.15, 0.2) is 0 Å². The van der Waals surface area contributed by atoms with Crippen LogP contribution in [0.1, 0.15) is 5.56 Å². The lowest BCUT2D eigenvalue weighted by molar-refractivity contribution is -0.158. The molecule has 0 atom stereocenters. The minimum atomic E-state index is -4.49. The van der Waals surface area contributed by atoms with E-state index in [2.05, 4.69) is 15.9 Å². The molecule has 3 nitrogen and oxygen atoms in total. The van der Waals surface area contributed by atoms with E-state index in [4.69, 9.17) is 5.11 Å². The van der Waals surface area contributed by atoms with Crippen LogP contribution >= 0.6 is 15.9 Å². The molecule has 0 aliphatic carbocycles. The van der Waals surface area contributed by atoms with Crippen molar-refractivity contribution < 1.29 is 23.1 Å². The highest BCUT2D eigenvalue weighted by molar-refractivity contribution is 9.10. The number of aliphatic hydroxyl groups excluding tert-OH is 1. The Kier molecular flexibility index (Phi) is 6.22. The third-order valence-corrected chi connectivity index (χ3v) is 2.81. The summed E-state index contributed by atoms with van der Waals surface area (Å²) >= 11 is 3.25. The first kappa shape index (κ1) is 16.7. The summed E-state index contributed by atoms with van der Waals surface area (Å²) in [4.78, 5) is 12.2. The fraction of sp³-hybridized carbons (Fsp3) is 0.308. The van der Waals surface area contributed by atoms with Crippen LogP contribution in [0.25, 0.3) is 6.08 Å². The van der Waals surface area contributed by atoms with E-state index in [1.54, 1.807) is 24.3 Å².